The first-order valence-corrected chi connectivity index (χ1v) is 4.61. The smallest absolute Gasteiger partial charge is 0.392 e. The van der Waals surface area contributed by atoms with Crippen LogP contribution < -0.4 is 0 Å². The lowest BCUT2D eigenvalue weighted by Gasteiger charge is -1.95. The highest BCUT2D eigenvalue weighted by molar-refractivity contribution is 6.31. The Morgan fingerprint density at radius 1 is 1.38 bits per heavy atom. The van der Waals surface area contributed by atoms with Gasteiger partial charge in [0.05, 0.1) is 0 Å². The highest BCUT2D eigenvalue weighted by Gasteiger charge is 2.17. The molecule has 0 saturated heterocycles. The van der Waals surface area contributed by atoms with Gasteiger partial charge in [0.2, 0.25) is 0 Å². The molecule has 0 fully saturated rings. The summed E-state index contributed by atoms with van der Waals surface area (Å²) in [6, 6.07) is 5.28. The summed E-state index contributed by atoms with van der Waals surface area (Å²) < 4.78 is 17.6. The predicted octanol–water partition coefficient (Wildman–Crippen LogP) is 2.83. The van der Waals surface area contributed by atoms with Gasteiger partial charge in [0.15, 0.2) is 10.9 Å². The van der Waals surface area contributed by atoms with Gasteiger partial charge in [0, 0.05) is 5.56 Å². The Balaban J connectivity index is 2.47. The van der Waals surface area contributed by atoms with Crippen molar-refractivity contribution in [2.45, 2.75) is 0 Å². The molecule has 0 radical (unpaired) electrons. The topological polar surface area (TPSA) is 63.3 Å². The first kappa shape index (κ1) is 10.6. The molecule has 0 unspecified atom stereocenters. The summed E-state index contributed by atoms with van der Waals surface area (Å²) in [5.74, 6) is -2.10. The Hall–Kier alpha value is -1.88. The van der Waals surface area contributed by atoms with Gasteiger partial charge in [0.25, 0.3) is 0 Å². The van der Waals surface area contributed by atoms with E-state index in [1.165, 1.54) is 24.3 Å². The number of aromatic nitrogens is 1. The molecule has 0 aliphatic heterocycles. The van der Waals surface area contributed by atoms with Crippen LogP contribution >= 0.6 is 11.6 Å². The molecule has 4 nitrogen and oxygen atoms in total. The number of carboxylic acids is 1. The maximum absolute atomic E-state index is 12.7. The molecule has 6 heteroatoms. The standard InChI is InChI=1S/C10H5ClFNO3/c11-8-7(16-9(13-8)10(14)15)5-1-3-6(12)4-2-5/h1-4H,(H,14,15). The number of hydrogen-bond donors (Lipinski definition) is 1. The predicted molar refractivity (Wildman–Crippen MR) is 53.9 cm³/mol. The summed E-state index contributed by atoms with van der Waals surface area (Å²) in [6.07, 6.45) is 0. The largest absolute Gasteiger partial charge is 0.474 e. The van der Waals surface area contributed by atoms with E-state index in [4.69, 9.17) is 21.1 Å². The molecule has 2 rings (SSSR count). The summed E-state index contributed by atoms with van der Waals surface area (Å²) in [4.78, 5) is 14.1. The average molecular weight is 242 g/mol. The fraction of sp³-hybridized carbons (Fsp3) is 0. The highest BCUT2D eigenvalue weighted by Crippen LogP contribution is 2.28. The minimum Gasteiger partial charge on any atom is -0.474 e. The molecule has 2 aromatic rings. The third-order valence-electron chi connectivity index (χ3n) is 1.88. The van der Waals surface area contributed by atoms with E-state index in [1.807, 2.05) is 0 Å². The van der Waals surface area contributed by atoms with E-state index in [2.05, 4.69) is 4.98 Å². The summed E-state index contributed by atoms with van der Waals surface area (Å²) in [7, 11) is 0. The van der Waals surface area contributed by atoms with Crippen LogP contribution in [0.15, 0.2) is 28.7 Å². The Bertz CT molecular complexity index is 535. The van der Waals surface area contributed by atoms with Gasteiger partial charge in [-0.3, -0.25) is 0 Å². The number of oxazole rings is 1. The monoisotopic (exact) mass is 241 g/mol. The van der Waals surface area contributed by atoms with E-state index >= 15 is 0 Å². The van der Waals surface area contributed by atoms with Gasteiger partial charge in [-0.25, -0.2) is 9.18 Å². The summed E-state index contributed by atoms with van der Waals surface area (Å²) in [5, 5.41) is 8.57. The van der Waals surface area contributed by atoms with Crippen molar-refractivity contribution in [1.29, 1.82) is 0 Å². The first-order chi connectivity index (χ1) is 7.58. The zero-order chi connectivity index (χ0) is 11.7. The van der Waals surface area contributed by atoms with Gasteiger partial charge in [-0.15, -0.1) is 0 Å². The van der Waals surface area contributed by atoms with Crippen molar-refractivity contribution >= 4 is 17.6 Å². The molecule has 1 heterocycles. The van der Waals surface area contributed by atoms with Crippen molar-refractivity contribution in [3.8, 4) is 11.3 Å². The van der Waals surface area contributed by atoms with E-state index < -0.39 is 17.7 Å². The molecule has 0 bridgehead atoms. The molecule has 1 N–H and O–H groups in total. The minimum atomic E-state index is -1.31. The van der Waals surface area contributed by atoms with Crippen molar-refractivity contribution in [2.75, 3.05) is 0 Å². The van der Waals surface area contributed by atoms with Crippen LogP contribution in [0.5, 0.6) is 0 Å². The van der Waals surface area contributed by atoms with E-state index in [0.29, 0.717) is 5.56 Å². The number of benzene rings is 1. The molecule has 0 amide bonds. The van der Waals surface area contributed by atoms with Gasteiger partial charge in [-0.05, 0) is 24.3 Å². The maximum atomic E-state index is 12.7. The zero-order valence-electron chi connectivity index (χ0n) is 7.78. The quantitative estimate of drug-likeness (QED) is 0.878. The highest BCUT2D eigenvalue weighted by atomic mass is 35.5. The van der Waals surface area contributed by atoms with Gasteiger partial charge in [-0.1, -0.05) is 11.6 Å². The molecule has 0 aliphatic carbocycles. The van der Waals surface area contributed by atoms with Crippen molar-refractivity contribution in [3.05, 3.63) is 41.1 Å². The molecular weight excluding hydrogens is 237 g/mol. The van der Waals surface area contributed by atoms with Crippen LogP contribution in [0.2, 0.25) is 5.15 Å². The second-order valence-electron chi connectivity index (χ2n) is 2.95. The average Bonchev–Trinajstić information content (AvgIpc) is 2.62. The fourth-order valence-corrected chi connectivity index (χ4v) is 1.40. The number of rotatable bonds is 2. The Morgan fingerprint density at radius 2 is 2.00 bits per heavy atom. The lowest BCUT2D eigenvalue weighted by atomic mass is 10.2. The molecule has 0 spiro atoms. The van der Waals surface area contributed by atoms with E-state index in [9.17, 15) is 9.18 Å². The second kappa shape index (κ2) is 3.94. The number of carbonyl (C=O) groups is 1. The SMILES string of the molecule is O=C(O)c1nc(Cl)c(-c2ccc(F)cc2)o1. The van der Waals surface area contributed by atoms with Crippen molar-refractivity contribution < 1.29 is 18.7 Å². The van der Waals surface area contributed by atoms with Crippen molar-refractivity contribution in [2.24, 2.45) is 0 Å². The van der Waals surface area contributed by atoms with Crippen LogP contribution in [0.25, 0.3) is 11.3 Å². The van der Waals surface area contributed by atoms with Crippen LogP contribution in [0.1, 0.15) is 10.7 Å². The number of nitrogens with zero attached hydrogens (tertiary/aromatic N) is 1. The van der Waals surface area contributed by atoms with Crippen molar-refractivity contribution in [3.63, 3.8) is 0 Å². The third-order valence-corrected chi connectivity index (χ3v) is 2.13. The first-order valence-electron chi connectivity index (χ1n) is 4.23. The summed E-state index contributed by atoms with van der Waals surface area (Å²) >= 11 is 5.70. The summed E-state index contributed by atoms with van der Waals surface area (Å²) in [6.45, 7) is 0. The van der Waals surface area contributed by atoms with Crippen LogP contribution in [-0.2, 0) is 0 Å². The molecule has 82 valence electrons. The molecule has 1 aromatic heterocycles. The Kier molecular flexibility index (Phi) is 2.62. The van der Waals surface area contributed by atoms with Crippen LogP contribution in [-0.4, -0.2) is 16.1 Å². The van der Waals surface area contributed by atoms with E-state index in [1.54, 1.807) is 0 Å². The van der Waals surface area contributed by atoms with Crippen LogP contribution in [0.3, 0.4) is 0 Å². The van der Waals surface area contributed by atoms with Crippen LogP contribution in [0, 0.1) is 5.82 Å². The number of aromatic carboxylic acids is 1. The van der Waals surface area contributed by atoms with Gasteiger partial charge >= 0.3 is 11.9 Å². The molecule has 0 atom stereocenters. The molecule has 1 aromatic carbocycles. The van der Waals surface area contributed by atoms with Gasteiger partial charge in [0.1, 0.15) is 5.82 Å². The van der Waals surface area contributed by atoms with Gasteiger partial charge < -0.3 is 9.52 Å². The lowest BCUT2D eigenvalue weighted by Crippen LogP contribution is -1.94. The number of carboxylic acid groups (broad SMARTS) is 1. The number of halogens is 2. The normalized spacial score (nSPS) is 10.4. The molecule has 0 saturated carbocycles. The van der Waals surface area contributed by atoms with Crippen LogP contribution in [0.4, 0.5) is 4.39 Å². The number of hydrogen-bond acceptors (Lipinski definition) is 3. The Labute approximate surface area is 94.3 Å². The Morgan fingerprint density at radius 3 is 2.50 bits per heavy atom. The van der Waals surface area contributed by atoms with Gasteiger partial charge in [-0.2, -0.15) is 4.98 Å². The molecule has 0 aliphatic rings. The summed E-state index contributed by atoms with van der Waals surface area (Å²) in [5.41, 5.74) is 0.464. The maximum Gasteiger partial charge on any atom is 0.392 e. The van der Waals surface area contributed by atoms with E-state index in [0.717, 1.165) is 0 Å². The van der Waals surface area contributed by atoms with E-state index in [-0.39, 0.29) is 10.9 Å². The lowest BCUT2D eigenvalue weighted by molar-refractivity contribution is 0.0654. The zero-order valence-corrected chi connectivity index (χ0v) is 8.53. The molecule has 16 heavy (non-hydrogen) atoms. The second-order valence-corrected chi connectivity index (χ2v) is 3.31. The third kappa shape index (κ3) is 1.90. The fourth-order valence-electron chi connectivity index (χ4n) is 1.17. The van der Waals surface area contributed by atoms with Crippen molar-refractivity contribution in [1.82, 2.24) is 4.98 Å². The minimum absolute atomic E-state index is 0.0657. The molecular formula is C10H5ClFNO3.